The van der Waals surface area contributed by atoms with Crippen molar-refractivity contribution in [2.24, 2.45) is 17.6 Å². The van der Waals surface area contributed by atoms with Crippen LogP contribution in [0.4, 0.5) is 0 Å². The minimum atomic E-state index is -4.23. The van der Waals surface area contributed by atoms with Crippen molar-refractivity contribution in [3.63, 3.8) is 0 Å². The molecule has 41 heavy (non-hydrogen) atoms. The lowest BCUT2D eigenvalue weighted by Crippen LogP contribution is -2.53. The Morgan fingerprint density at radius 2 is 1.83 bits per heavy atom. The van der Waals surface area contributed by atoms with E-state index >= 15 is 0 Å². The first-order chi connectivity index (χ1) is 19.4. The molecule has 6 N–H and O–H groups in total. The number of hydrogen-bond donors (Lipinski definition) is 5. The first-order valence-electron chi connectivity index (χ1n) is 13.6. The van der Waals surface area contributed by atoms with Gasteiger partial charge in [0.25, 0.3) is 0 Å². The Bertz CT molecular complexity index is 1360. The summed E-state index contributed by atoms with van der Waals surface area (Å²) in [5.41, 5.74) is 5.60. The van der Waals surface area contributed by atoms with Crippen LogP contribution >= 0.6 is 0 Å². The topological polar surface area (TPSA) is 184 Å². The maximum absolute atomic E-state index is 13.4. The van der Waals surface area contributed by atoms with Crippen LogP contribution in [0, 0.1) is 17.2 Å². The third kappa shape index (κ3) is 9.15. The molecular weight excluding hydrogens is 548 g/mol. The second-order valence-corrected chi connectivity index (χ2v) is 12.5. The van der Waals surface area contributed by atoms with E-state index in [2.05, 4.69) is 15.4 Å². The van der Waals surface area contributed by atoms with E-state index in [1.807, 2.05) is 26.0 Å². The number of piperidine rings is 1. The largest absolute Gasteiger partial charge is 0.467 e. The van der Waals surface area contributed by atoms with Crippen LogP contribution in [0.2, 0.25) is 0 Å². The third-order valence-corrected chi connectivity index (χ3v) is 8.46. The van der Waals surface area contributed by atoms with Crippen LogP contribution in [-0.4, -0.2) is 75.9 Å². The van der Waals surface area contributed by atoms with E-state index in [9.17, 15) is 22.8 Å². The first kappa shape index (κ1) is 31.8. The van der Waals surface area contributed by atoms with Crippen molar-refractivity contribution in [3.8, 4) is 0 Å². The highest BCUT2D eigenvalue weighted by Crippen LogP contribution is 2.20. The molecule has 2 aromatic rings. The molecule has 0 radical (unpaired) electrons. The lowest BCUT2D eigenvalue weighted by molar-refractivity contribution is -0.145. The average Bonchev–Trinajstić information content (AvgIpc) is 2.94. The van der Waals surface area contributed by atoms with E-state index in [1.54, 1.807) is 23.1 Å². The van der Waals surface area contributed by atoms with Gasteiger partial charge in [0.1, 0.15) is 12.1 Å². The number of rotatable bonds is 12. The Hall–Kier alpha value is -3.71. The zero-order chi connectivity index (χ0) is 30.2. The molecule has 13 heteroatoms. The number of likely N-dealkylation sites (tertiary alicyclic amines) is 1. The van der Waals surface area contributed by atoms with Crippen LogP contribution < -0.4 is 21.1 Å². The fourth-order valence-corrected chi connectivity index (χ4v) is 6.07. The van der Waals surface area contributed by atoms with Gasteiger partial charge in [-0.1, -0.05) is 44.2 Å². The predicted molar refractivity (Wildman–Crippen MR) is 155 cm³/mol. The lowest BCUT2D eigenvalue weighted by atomic mass is 9.98. The predicted octanol–water partition coefficient (Wildman–Crippen LogP) is 1.30. The van der Waals surface area contributed by atoms with Crippen LogP contribution in [0.5, 0.6) is 0 Å². The highest BCUT2D eigenvalue weighted by molar-refractivity contribution is 7.89. The molecular formula is C28H40N6O6S. The first-order valence-corrected chi connectivity index (χ1v) is 15.1. The molecule has 0 saturated carbocycles. The molecule has 1 aliphatic heterocycles. The minimum absolute atomic E-state index is 0.0255. The number of amides is 2. The van der Waals surface area contributed by atoms with Gasteiger partial charge in [-0.15, -0.1) is 0 Å². The number of nitrogens with two attached hydrogens (primary N) is 1. The summed E-state index contributed by atoms with van der Waals surface area (Å²) in [6.45, 7) is 5.22. The maximum atomic E-state index is 13.4. The number of esters is 1. The van der Waals surface area contributed by atoms with E-state index < -0.39 is 46.3 Å². The fourth-order valence-electron chi connectivity index (χ4n) is 4.84. The zero-order valence-electron chi connectivity index (χ0n) is 23.7. The Kier molecular flexibility index (Phi) is 11.1. The summed E-state index contributed by atoms with van der Waals surface area (Å²) < 4.78 is 34.0. The number of ether oxygens (including phenoxy) is 1. The molecule has 0 aliphatic carbocycles. The van der Waals surface area contributed by atoms with Gasteiger partial charge in [0.15, 0.2) is 5.96 Å². The number of hydrogen-bond acceptors (Lipinski definition) is 7. The van der Waals surface area contributed by atoms with E-state index in [0.29, 0.717) is 18.5 Å². The van der Waals surface area contributed by atoms with E-state index in [1.165, 1.54) is 19.2 Å². The van der Waals surface area contributed by atoms with Crippen LogP contribution in [0.25, 0.3) is 10.8 Å². The number of benzene rings is 2. The zero-order valence-corrected chi connectivity index (χ0v) is 24.5. The van der Waals surface area contributed by atoms with Gasteiger partial charge in [-0.05, 0) is 54.0 Å². The molecule has 12 nitrogen and oxygen atoms in total. The molecule has 0 bridgehead atoms. The summed E-state index contributed by atoms with van der Waals surface area (Å²) in [6, 6.07) is 9.33. The van der Waals surface area contributed by atoms with Crippen molar-refractivity contribution >= 4 is 44.5 Å². The summed E-state index contributed by atoms with van der Waals surface area (Å²) >= 11 is 0. The summed E-state index contributed by atoms with van der Waals surface area (Å²) in [5.74, 6) is -1.97. The monoisotopic (exact) mass is 588 g/mol. The van der Waals surface area contributed by atoms with Crippen molar-refractivity contribution in [1.82, 2.24) is 20.3 Å². The molecule has 1 aliphatic rings. The van der Waals surface area contributed by atoms with Gasteiger partial charge in [0.2, 0.25) is 21.8 Å². The van der Waals surface area contributed by atoms with E-state index in [4.69, 9.17) is 15.9 Å². The Morgan fingerprint density at radius 3 is 2.49 bits per heavy atom. The Labute approximate surface area is 240 Å². The number of guanidine groups is 1. The SMILES string of the molecule is COC(=O)[C@@H](CC(C)C)NC(=O)[C@H](CC(=O)NC[C@@H]1CCCN(C(=N)N)C1)NS(=O)(=O)c1ccc2ccccc2c1. The van der Waals surface area contributed by atoms with Crippen molar-refractivity contribution in [2.75, 3.05) is 26.7 Å². The standard InChI is InChI=1S/C28H40N6O6S/c1-18(2)13-24(27(37)40-3)32-26(36)23(15-25(35)31-16-19-7-6-12-34(17-19)28(29)30)33-41(38,39)22-11-10-20-8-4-5-9-21(20)14-22/h4-5,8-11,14,18-19,23-24,33H,6-7,12-13,15-17H2,1-3H3,(H3,29,30)(H,31,35)(H,32,36)/t19-,23-,24+/m0/s1. The minimum Gasteiger partial charge on any atom is -0.467 e. The molecule has 2 aromatic carbocycles. The number of nitrogens with zero attached hydrogens (tertiary/aromatic N) is 1. The van der Waals surface area contributed by atoms with Crippen LogP contribution in [-0.2, 0) is 29.1 Å². The van der Waals surface area contributed by atoms with Gasteiger partial charge in [-0.2, -0.15) is 4.72 Å². The molecule has 2 amide bonds. The molecule has 0 unspecified atom stereocenters. The molecule has 1 heterocycles. The third-order valence-electron chi connectivity index (χ3n) is 6.99. The highest BCUT2D eigenvalue weighted by atomic mass is 32.2. The fraction of sp³-hybridized carbons (Fsp3) is 0.500. The summed E-state index contributed by atoms with van der Waals surface area (Å²) in [7, 11) is -3.03. The van der Waals surface area contributed by atoms with Gasteiger partial charge in [-0.25, -0.2) is 13.2 Å². The second-order valence-electron chi connectivity index (χ2n) is 10.7. The summed E-state index contributed by atoms with van der Waals surface area (Å²) in [5, 5.41) is 14.5. The van der Waals surface area contributed by atoms with E-state index in [0.717, 1.165) is 18.2 Å². The van der Waals surface area contributed by atoms with Gasteiger partial charge in [0, 0.05) is 19.6 Å². The van der Waals surface area contributed by atoms with Gasteiger partial charge in [0.05, 0.1) is 18.4 Å². The molecule has 3 atom stereocenters. The molecule has 1 saturated heterocycles. The van der Waals surface area contributed by atoms with Crippen LogP contribution in [0.1, 0.15) is 39.5 Å². The second kappa shape index (κ2) is 14.3. The average molecular weight is 589 g/mol. The van der Waals surface area contributed by atoms with Gasteiger partial charge in [-0.3, -0.25) is 15.0 Å². The van der Waals surface area contributed by atoms with Crippen molar-refractivity contribution in [2.45, 2.75) is 56.5 Å². The molecule has 0 aromatic heterocycles. The number of carbonyl (C=O) groups is 3. The molecule has 224 valence electrons. The summed E-state index contributed by atoms with van der Waals surface area (Å²) in [4.78, 5) is 40.3. The number of fused-ring (bicyclic) bond motifs is 1. The quantitative estimate of drug-likeness (QED) is 0.140. The van der Waals surface area contributed by atoms with Crippen molar-refractivity contribution in [3.05, 3.63) is 42.5 Å². The molecule has 3 rings (SSSR count). The lowest BCUT2D eigenvalue weighted by Gasteiger charge is -2.33. The molecule has 0 spiro atoms. The Morgan fingerprint density at radius 1 is 1.12 bits per heavy atom. The Balaban J connectivity index is 1.78. The molecule has 1 fully saturated rings. The number of carbonyl (C=O) groups excluding carboxylic acids is 3. The van der Waals surface area contributed by atoms with Crippen molar-refractivity contribution in [1.29, 1.82) is 5.41 Å². The highest BCUT2D eigenvalue weighted by Gasteiger charge is 2.32. The van der Waals surface area contributed by atoms with Crippen molar-refractivity contribution < 1.29 is 27.5 Å². The van der Waals surface area contributed by atoms with Gasteiger partial charge < -0.3 is 26.0 Å². The number of nitrogens with one attached hydrogen (secondary N) is 4. The van der Waals surface area contributed by atoms with Gasteiger partial charge >= 0.3 is 5.97 Å². The van der Waals surface area contributed by atoms with Crippen LogP contribution in [0.3, 0.4) is 0 Å². The van der Waals surface area contributed by atoms with Crippen LogP contribution in [0.15, 0.2) is 47.4 Å². The normalized spacial score (nSPS) is 17.1. The maximum Gasteiger partial charge on any atom is 0.328 e. The smallest absolute Gasteiger partial charge is 0.328 e. The number of sulfonamides is 1. The number of methoxy groups -OCH3 is 1. The van der Waals surface area contributed by atoms with E-state index in [-0.39, 0.29) is 35.7 Å². The summed E-state index contributed by atoms with van der Waals surface area (Å²) in [6.07, 6.45) is 1.43.